The third-order valence-corrected chi connectivity index (χ3v) is 5.32. The van der Waals surface area contributed by atoms with E-state index in [2.05, 4.69) is 10.6 Å². The number of amides is 2. The van der Waals surface area contributed by atoms with Crippen LogP contribution in [-0.4, -0.2) is 67.2 Å². The largest absolute Gasteiger partial charge is 0.480 e. The van der Waals surface area contributed by atoms with Gasteiger partial charge in [-0.2, -0.15) is 0 Å². The van der Waals surface area contributed by atoms with E-state index in [-0.39, 0.29) is 25.6 Å². The quantitative estimate of drug-likeness (QED) is 0.438. The minimum Gasteiger partial charge on any atom is -0.480 e. The monoisotopic (exact) mass is 442 g/mol. The molecule has 4 N–H and O–H groups in total. The van der Waals surface area contributed by atoms with E-state index in [1.807, 2.05) is 48.5 Å². The molecule has 0 aromatic heterocycles. The molecule has 1 aliphatic carbocycles. The molecule has 0 saturated heterocycles. The van der Waals surface area contributed by atoms with E-state index in [1.54, 1.807) is 0 Å². The van der Waals surface area contributed by atoms with Crippen molar-refractivity contribution in [2.45, 2.75) is 24.4 Å². The number of alkyl carbamates (subject to hydrolysis) is 1. The summed E-state index contributed by atoms with van der Waals surface area (Å²) in [6.07, 6.45) is -0.982. The molecule has 2 unspecified atom stereocenters. The zero-order valence-corrected chi connectivity index (χ0v) is 17.6. The first-order valence-electron chi connectivity index (χ1n) is 10.2. The van der Waals surface area contributed by atoms with Crippen molar-refractivity contribution in [1.29, 1.82) is 0 Å². The highest BCUT2D eigenvalue weighted by Gasteiger charge is 2.30. The van der Waals surface area contributed by atoms with E-state index in [9.17, 15) is 14.4 Å². The third kappa shape index (κ3) is 5.24. The van der Waals surface area contributed by atoms with Gasteiger partial charge in [0.1, 0.15) is 18.7 Å². The summed E-state index contributed by atoms with van der Waals surface area (Å²) in [6.45, 7) is -0.517. The molecule has 2 aromatic rings. The van der Waals surface area contributed by atoms with Gasteiger partial charge in [0.05, 0.1) is 6.61 Å². The first-order valence-corrected chi connectivity index (χ1v) is 10.2. The lowest BCUT2D eigenvalue weighted by Crippen LogP contribution is -2.53. The molecule has 2 aromatic carbocycles. The van der Waals surface area contributed by atoms with Crippen molar-refractivity contribution in [2.75, 3.05) is 26.9 Å². The fourth-order valence-electron chi connectivity index (χ4n) is 3.79. The van der Waals surface area contributed by atoms with Gasteiger partial charge in [-0.05, 0) is 22.3 Å². The molecule has 0 fully saturated rings. The van der Waals surface area contributed by atoms with Gasteiger partial charge in [0, 0.05) is 26.1 Å². The lowest BCUT2D eigenvalue weighted by Gasteiger charge is -2.21. The van der Waals surface area contributed by atoms with Gasteiger partial charge in [-0.1, -0.05) is 48.5 Å². The molecule has 0 saturated carbocycles. The topological polar surface area (TPSA) is 134 Å². The lowest BCUT2D eigenvalue weighted by atomic mass is 9.98. The van der Waals surface area contributed by atoms with E-state index < -0.39 is 36.7 Å². The fourth-order valence-corrected chi connectivity index (χ4v) is 3.79. The van der Waals surface area contributed by atoms with Gasteiger partial charge in [-0.25, -0.2) is 9.59 Å². The number of benzene rings is 2. The van der Waals surface area contributed by atoms with Crippen LogP contribution >= 0.6 is 0 Å². The summed E-state index contributed by atoms with van der Waals surface area (Å²) in [7, 11) is 1.35. The molecular weight excluding hydrogens is 416 g/mol. The summed E-state index contributed by atoms with van der Waals surface area (Å²) < 4.78 is 10.4. The van der Waals surface area contributed by atoms with Crippen molar-refractivity contribution in [3.8, 4) is 11.1 Å². The summed E-state index contributed by atoms with van der Waals surface area (Å²) in [4.78, 5) is 36.1. The van der Waals surface area contributed by atoms with Gasteiger partial charge >= 0.3 is 12.1 Å². The molecule has 0 radical (unpaired) electrons. The number of methoxy groups -OCH3 is 1. The molecule has 0 aliphatic heterocycles. The average Bonchev–Trinajstić information content (AvgIpc) is 3.10. The summed E-state index contributed by atoms with van der Waals surface area (Å²) in [5.41, 5.74) is 4.30. The highest BCUT2D eigenvalue weighted by atomic mass is 16.5. The summed E-state index contributed by atoms with van der Waals surface area (Å²) in [5.74, 6) is -2.17. The van der Waals surface area contributed by atoms with E-state index >= 15 is 0 Å². The number of rotatable bonds is 10. The predicted octanol–water partition coefficient (Wildman–Crippen LogP) is 1.49. The number of aliphatic carboxylic acids is 1. The second kappa shape index (κ2) is 10.7. The smallest absolute Gasteiger partial charge is 0.407 e. The molecule has 3 rings (SSSR count). The van der Waals surface area contributed by atoms with Crippen LogP contribution in [0.15, 0.2) is 48.5 Å². The number of carboxylic acids is 1. The maximum atomic E-state index is 12.4. The summed E-state index contributed by atoms with van der Waals surface area (Å²) in [6, 6.07) is 13.4. The number of carbonyl (C=O) groups is 3. The Hall–Kier alpha value is -3.43. The van der Waals surface area contributed by atoms with E-state index in [0.717, 1.165) is 22.3 Å². The molecule has 9 heteroatoms. The number of aliphatic hydroxyl groups is 1. The van der Waals surface area contributed by atoms with E-state index in [4.69, 9.17) is 19.7 Å². The third-order valence-electron chi connectivity index (χ3n) is 5.32. The first-order chi connectivity index (χ1) is 15.5. The molecule has 32 heavy (non-hydrogen) atoms. The Morgan fingerprint density at radius 2 is 1.56 bits per heavy atom. The molecule has 1 aliphatic rings. The van der Waals surface area contributed by atoms with Crippen LogP contribution in [0.4, 0.5) is 4.79 Å². The molecule has 170 valence electrons. The van der Waals surface area contributed by atoms with Crippen LogP contribution < -0.4 is 10.6 Å². The van der Waals surface area contributed by atoms with Gasteiger partial charge in [-0.3, -0.25) is 4.79 Å². The Morgan fingerprint density at radius 1 is 0.969 bits per heavy atom. The number of carboxylic acid groups (broad SMARTS) is 1. The van der Waals surface area contributed by atoms with Gasteiger partial charge in [0.15, 0.2) is 0 Å². The van der Waals surface area contributed by atoms with Gasteiger partial charge < -0.3 is 30.3 Å². The average molecular weight is 442 g/mol. The Morgan fingerprint density at radius 3 is 2.09 bits per heavy atom. The Labute approximate surface area is 185 Å². The van der Waals surface area contributed by atoms with Crippen LogP contribution in [0.5, 0.6) is 0 Å². The normalized spacial score (nSPS) is 14.1. The first kappa shape index (κ1) is 23.2. The number of hydrogen-bond donors (Lipinski definition) is 4. The number of fused-ring (bicyclic) bond motifs is 3. The molecule has 2 atom stereocenters. The van der Waals surface area contributed by atoms with Crippen molar-refractivity contribution in [3.05, 3.63) is 59.7 Å². The SMILES string of the molecule is COCC(NC(=O)OCC1c2ccccc2-c2ccccc21)C(=O)NC(CCO)C(=O)O. The van der Waals surface area contributed by atoms with Gasteiger partial charge in [0.2, 0.25) is 5.91 Å². The minimum atomic E-state index is -1.29. The zero-order chi connectivity index (χ0) is 23.1. The Bertz CT molecular complexity index is 933. The number of nitrogens with one attached hydrogen (secondary N) is 2. The number of ether oxygens (including phenoxy) is 2. The molecule has 2 amide bonds. The highest BCUT2D eigenvalue weighted by Crippen LogP contribution is 2.44. The molecule has 9 nitrogen and oxygen atoms in total. The fraction of sp³-hybridized carbons (Fsp3) is 0.348. The van der Waals surface area contributed by atoms with Gasteiger partial charge in [0.25, 0.3) is 0 Å². The van der Waals surface area contributed by atoms with Crippen molar-refractivity contribution in [2.24, 2.45) is 0 Å². The van der Waals surface area contributed by atoms with Crippen LogP contribution in [0.2, 0.25) is 0 Å². The van der Waals surface area contributed by atoms with Crippen molar-refractivity contribution < 1.29 is 34.1 Å². The van der Waals surface area contributed by atoms with Crippen LogP contribution in [-0.2, 0) is 19.1 Å². The number of aliphatic hydroxyl groups excluding tert-OH is 1. The van der Waals surface area contributed by atoms with Crippen LogP contribution in [0, 0.1) is 0 Å². The zero-order valence-electron chi connectivity index (χ0n) is 17.6. The predicted molar refractivity (Wildman–Crippen MR) is 115 cm³/mol. The Kier molecular flexibility index (Phi) is 7.80. The van der Waals surface area contributed by atoms with Gasteiger partial charge in [-0.15, -0.1) is 0 Å². The maximum absolute atomic E-state index is 12.4. The van der Waals surface area contributed by atoms with E-state index in [0.29, 0.717) is 0 Å². The summed E-state index contributed by atoms with van der Waals surface area (Å²) >= 11 is 0. The van der Waals surface area contributed by atoms with Crippen molar-refractivity contribution in [3.63, 3.8) is 0 Å². The maximum Gasteiger partial charge on any atom is 0.407 e. The summed E-state index contributed by atoms with van der Waals surface area (Å²) in [5, 5.41) is 22.8. The Balaban J connectivity index is 1.64. The van der Waals surface area contributed by atoms with Crippen LogP contribution in [0.1, 0.15) is 23.5 Å². The number of carbonyl (C=O) groups excluding carboxylic acids is 2. The minimum absolute atomic E-state index is 0.0729. The molecular formula is C23H26N2O7. The lowest BCUT2D eigenvalue weighted by molar-refractivity contribution is -0.142. The highest BCUT2D eigenvalue weighted by molar-refractivity contribution is 5.89. The van der Waals surface area contributed by atoms with Crippen molar-refractivity contribution in [1.82, 2.24) is 10.6 Å². The second-order valence-electron chi connectivity index (χ2n) is 7.39. The van der Waals surface area contributed by atoms with Crippen LogP contribution in [0.3, 0.4) is 0 Å². The standard InChI is InChI=1S/C23H26N2O7/c1-31-13-20(21(27)24-19(10-11-26)22(28)29)25-23(30)32-12-18-16-8-4-2-6-14(16)15-7-3-5-9-17(15)18/h2-9,18-20,26H,10-13H2,1H3,(H,24,27)(H,25,30)(H,28,29). The second-order valence-corrected chi connectivity index (χ2v) is 7.39. The van der Waals surface area contributed by atoms with E-state index in [1.165, 1.54) is 7.11 Å². The van der Waals surface area contributed by atoms with Crippen LogP contribution in [0.25, 0.3) is 11.1 Å². The molecule has 0 heterocycles. The number of hydrogen-bond acceptors (Lipinski definition) is 6. The molecule has 0 spiro atoms. The molecule has 0 bridgehead atoms. The van der Waals surface area contributed by atoms with Crippen molar-refractivity contribution >= 4 is 18.0 Å².